The first kappa shape index (κ1) is 30.1. The lowest BCUT2D eigenvalue weighted by Crippen LogP contribution is -2.58. The predicted molar refractivity (Wildman–Crippen MR) is 160 cm³/mol. The number of likely N-dealkylation sites (tertiary alicyclic amines) is 1. The first-order valence-electron chi connectivity index (χ1n) is 15.5. The van der Waals surface area contributed by atoms with Gasteiger partial charge in [0.2, 0.25) is 17.7 Å². The van der Waals surface area contributed by atoms with E-state index in [0.29, 0.717) is 35.6 Å². The smallest absolute Gasteiger partial charge is 0.246 e. The molecule has 3 heterocycles. The van der Waals surface area contributed by atoms with Gasteiger partial charge in [0.1, 0.15) is 11.6 Å². The number of halogens is 1. The third-order valence-electron chi connectivity index (χ3n) is 9.79. The predicted octanol–water partition coefficient (Wildman–Crippen LogP) is 4.49. The first-order valence-corrected chi connectivity index (χ1v) is 15.8. The van der Waals surface area contributed by atoms with E-state index < -0.39 is 29.6 Å². The van der Waals surface area contributed by atoms with Gasteiger partial charge in [0.05, 0.1) is 17.9 Å². The molecule has 4 aliphatic rings. The SMILES string of the molecule is CCCN(CCC)CCN1C(=O)[C@@H]2[C@H](C(=O)Nc3cccc(Cl)c3)[C@@H]3C=C[C@@]2(O3)[C@@H]1C(=O)N[C@@H]1CCC[C@@H](C)[C@@H]1C. The van der Waals surface area contributed by atoms with Crippen LogP contribution in [0.4, 0.5) is 5.69 Å². The average Bonchev–Trinajstić information content (AvgIpc) is 3.57. The van der Waals surface area contributed by atoms with Crippen molar-refractivity contribution >= 4 is 35.0 Å². The summed E-state index contributed by atoms with van der Waals surface area (Å²) in [5.41, 5.74) is -0.596. The quantitative estimate of drug-likeness (QED) is 0.374. The van der Waals surface area contributed by atoms with Gasteiger partial charge in [0.15, 0.2) is 0 Å². The van der Waals surface area contributed by atoms with Crippen molar-refractivity contribution in [3.05, 3.63) is 41.4 Å². The highest BCUT2D eigenvalue weighted by Gasteiger charge is 2.72. The molecule has 3 fully saturated rings. The molecule has 9 heteroatoms. The van der Waals surface area contributed by atoms with Crippen molar-refractivity contribution in [1.82, 2.24) is 15.1 Å². The van der Waals surface area contributed by atoms with Crippen LogP contribution >= 0.6 is 11.6 Å². The van der Waals surface area contributed by atoms with Crippen LogP contribution in [0.3, 0.4) is 0 Å². The number of ether oxygens (including phenoxy) is 1. The van der Waals surface area contributed by atoms with Gasteiger partial charge in [-0.3, -0.25) is 14.4 Å². The lowest BCUT2D eigenvalue weighted by Gasteiger charge is -2.38. The largest absolute Gasteiger partial charge is 0.359 e. The highest BCUT2D eigenvalue weighted by molar-refractivity contribution is 6.30. The molecule has 5 rings (SSSR count). The third kappa shape index (κ3) is 5.67. The minimum Gasteiger partial charge on any atom is -0.359 e. The van der Waals surface area contributed by atoms with Crippen LogP contribution in [0.1, 0.15) is 59.8 Å². The van der Waals surface area contributed by atoms with E-state index in [1.165, 1.54) is 0 Å². The molecule has 1 aromatic rings. The van der Waals surface area contributed by atoms with Crippen LogP contribution in [0.25, 0.3) is 0 Å². The Labute approximate surface area is 249 Å². The van der Waals surface area contributed by atoms with Crippen LogP contribution in [0, 0.1) is 23.7 Å². The van der Waals surface area contributed by atoms with E-state index in [-0.39, 0.29) is 23.8 Å². The molecule has 0 radical (unpaired) electrons. The Morgan fingerprint density at radius 3 is 2.59 bits per heavy atom. The molecule has 41 heavy (non-hydrogen) atoms. The maximum Gasteiger partial charge on any atom is 0.246 e. The van der Waals surface area contributed by atoms with Crippen molar-refractivity contribution in [3.8, 4) is 0 Å². The van der Waals surface area contributed by atoms with E-state index >= 15 is 0 Å². The van der Waals surface area contributed by atoms with E-state index in [1.54, 1.807) is 29.2 Å². The van der Waals surface area contributed by atoms with Crippen molar-refractivity contribution in [2.45, 2.75) is 83.6 Å². The molecule has 3 aliphatic heterocycles. The topological polar surface area (TPSA) is 91.0 Å². The summed E-state index contributed by atoms with van der Waals surface area (Å²) in [7, 11) is 0. The van der Waals surface area contributed by atoms with Gasteiger partial charge in [-0.15, -0.1) is 0 Å². The number of hydrogen-bond donors (Lipinski definition) is 2. The average molecular weight is 585 g/mol. The second-order valence-corrected chi connectivity index (χ2v) is 12.9. The van der Waals surface area contributed by atoms with Crippen LogP contribution in [0.5, 0.6) is 0 Å². The van der Waals surface area contributed by atoms with E-state index in [9.17, 15) is 14.4 Å². The van der Waals surface area contributed by atoms with Gasteiger partial charge in [-0.05, 0) is 62.4 Å². The van der Waals surface area contributed by atoms with Gasteiger partial charge in [-0.2, -0.15) is 0 Å². The van der Waals surface area contributed by atoms with Gasteiger partial charge >= 0.3 is 0 Å². The Hall–Kier alpha value is -2.42. The minimum absolute atomic E-state index is 0.0554. The number of fused-ring (bicyclic) bond motifs is 1. The number of hydrogen-bond acceptors (Lipinski definition) is 5. The normalized spacial score (nSPS) is 33.9. The number of benzene rings is 1. The molecule has 2 bridgehead atoms. The monoisotopic (exact) mass is 584 g/mol. The van der Waals surface area contributed by atoms with Crippen LogP contribution in [-0.4, -0.2) is 77.5 Å². The number of amides is 3. The fraction of sp³-hybridized carbons (Fsp3) is 0.656. The van der Waals surface area contributed by atoms with Crippen LogP contribution in [0.2, 0.25) is 5.02 Å². The summed E-state index contributed by atoms with van der Waals surface area (Å²) in [6.07, 6.45) is 8.38. The Bertz CT molecular complexity index is 1170. The molecular formula is C32H45ClN4O4. The molecule has 2 saturated heterocycles. The number of carbonyl (C=O) groups is 3. The zero-order valence-corrected chi connectivity index (χ0v) is 25.5. The summed E-state index contributed by atoms with van der Waals surface area (Å²) in [5.74, 6) is -1.27. The zero-order valence-electron chi connectivity index (χ0n) is 24.8. The van der Waals surface area contributed by atoms with Crippen molar-refractivity contribution < 1.29 is 19.1 Å². The lowest BCUT2D eigenvalue weighted by molar-refractivity contribution is -0.141. The molecule has 0 aromatic heterocycles. The molecule has 1 spiro atoms. The van der Waals surface area contributed by atoms with E-state index in [1.807, 2.05) is 12.2 Å². The summed E-state index contributed by atoms with van der Waals surface area (Å²) >= 11 is 6.14. The fourth-order valence-corrected chi connectivity index (χ4v) is 7.75. The number of nitrogens with zero attached hydrogens (tertiary/aromatic N) is 2. The maximum atomic E-state index is 14.3. The molecule has 224 valence electrons. The Morgan fingerprint density at radius 1 is 1.12 bits per heavy atom. The van der Waals surface area contributed by atoms with Crippen molar-refractivity contribution in [1.29, 1.82) is 0 Å². The summed E-state index contributed by atoms with van der Waals surface area (Å²) in [6, 6.07) is 6.20. The maximum absolute atomic E-state index is 14.3. The van der Waals surface area contributed by atoms with Gasteiger partial charge in [-0.25, -0.2) is 0 Å². The Kier molecular flexibility index (Phi) is 9.12. The van der Waals surface area contributed by atoms with Crippen molar-refractivity contribution in [2.24, 2.45) is 23.7 Å². The van der Waals surface area contributed by atoms with Gasteiger partial charge < -0.3 is 25.2 Å². The molecular weight excluding hydrogens is 540 g/mol. The molecule has 1 aliphatic carbocycles. The molecule has 8 nitrogen and oxygen atoms in total. The van der Waals surface area contributed by atoms with Crippen LogP contribution < -0.4 is 10.6 Å². The second kappa shape index (κ2) is 12.4. The number of carbonyl (C=O) groups excluding carboxylic acids is 3. The molecule has 3 amide bonds. The Balaban J connectivity index is 1.43. The summed E-state index contributed by atoms with van der Waals surface area (Å²) in [4.78, 5) is 46.2. The van der Waals surface area contributed by atoms with E-state index in [2.05, 4.69) is 43.2 Å². The second-order valence-electron chi connectivity index (χ2n) is 12.5. The molecule has 0 unspecified atom stereocenters. The highest BCUT2D eigenvalue weighted by atomic mass is 35.5. The van der Waals surface area contributed by atoms with Crippen molar-refractivity contribution in [2.75, 3.05) is 31.5 Å². The summed E-state index contributed by atoms with van der Waals surface area (Å²) in [5, 5.41) is 6.79. The summed E-state index contributed by atoms with van der Waals surface area (Å²) in [6.45, 7) is 11.7. The number of nitrogens with one attached hydrogen (secondary N) is 2. The third-order valence-corrected chi connectivity index (χ3v) is 10.0. The van der Waals surface area contributed by atoms with Crippen LogP contribution in [-0.2, 0) is 19.1 Å². The lowest BCUT2D eigenvalue weighted by atomic mass is 9.73. The first-order chi connectivity index (χ1) is 19.7. The molecule has 1 saturated carbocycles. The Morgan fingerprint density at radius 2 is 1.88 bits per heavy atom. The van der Waals surface area contributed by atoms with Crippen LogP contribution in [0.15, 0.2) is 36.4 Å². The fourth-order valence-electron chi connectivity index (χ4n) is 7.56. The van der Waals surface area contributed by atoms with Gasteiger partial charge in [-0.1, -0.05) is 70.4 Å². The zero-order chi connectivity index (χ0) is 29.3. The highest BCUT2D eigenvalue weighted by Crippen LogP contribution is 2.55. The molecule has 1 aromatic carbocycles. The van der Waals surface area contributed by atoms with E-state index in [4.69, 9.17) is 16.3 Å². The van der Waals surface area contributed by atoms with E-state index in [0.717, 1.165) is 45.2 Å². The number of rotatable bonds is 11. The molecule has 2 N–H and O–H groups in total. The summed E-state index contributed by atoms with van der Waals surface area (Å²) < 4.78 is 6.52. The minimum atomic E-state index is -1.16. The molecule has 8 atom stereocenters. The van der Waals surface area contributed by atoms with Gasteiger partial charge in [0, 0.05) is 29.8 Å². The van der Waals surface area contributed by atoms with Gasteiger partial charge in [0.25, 0.3) is 0 Å². The number of anilines is 1. The van der Waals surface area contributed by atoms with Crippen molar-refractivity contribution in [3.63, 3.8) is 0 Å². The standard InChI is InChI=1S/C32H45ClN4O4/c1-5-15-36(16-6-2)17-18-37-28(30(39)35-24-12-7-9-20(3)21(24)4)32-14-13-25(41-32)26(27(32)31(37)40)29(38)34-23-11-8-10-22(33)19-23/h8,10-11,13-14,19-21,24-28H,5-7,9,12,15-18H2,1-4H3,(H,34,38)(H,35,39)/t20-,21+,24-,25+,26-,27+,28+,32+/m1/s1.